The highest BCUT2D eigenvalue weighted by atomic mass is 35.5. The number of carbonyl (C=O) groups is 2. The number of benzene rings is 2. The van der Waals surface area contributed by atoms with Gasteiger partial charge in [0.2, 0.25) is 0 Å². The summed E-state index contributed by atoms with van der Waals surface area (Å²) in [6.45, 7) is 5.44. The number of urea groups is 1. The number of rotatable bonds is 4. The standard InChI is InChI=1S/C20H19ClN4O4/c1-10-5-4-6-15(11(10)2)23-19(26)17-12(3)22-20(27)24-18(17)13-7-8-14(21)16(9-13)25(28)29/h4-9,18H,1-3H3,(H,23,26)(H2,22,24,27)/t18-/m0/s1. The zero-order valence-electron chi connectivity index (χ0n) is 16.0. The Morgan fingerprint density at radius 3 is 2.62 bits per heavy atom. The Hall–Kier alpha value is -3.39. The molecule has 0 saturated carbocycles. The van der Waals surface area contributed by atoms with Crippen molar-refractivity contribution in [3.05, 3.63) is 79.5 Å². The van der Waals surface area contributed by atoms with Crippen LogP contribution in [0, 0.1) is 24.0 Å². The number of amides is 3. The average Bonchev–Trinajstić information content (AvgIpc) is 2.64. The van der Waals surface area contributed by atoms with Crippen molar-refractivity contribution in [3.8, 4) is 0 Å². The summed E-state index contributed by atoms with van der Waals surface area (Å²) in [6.07, 6.45) is 0. The van der Waals surface area contributed by atoms with E-state index in [4.69, 9.17) is 11.6 Å². The lowest BCUT2D eigenvalue weighted by atomic mass is 9.94. The van der Waals surface area contributed by atoms with E-state index in [1.54, 1.807) is 19.1 Å². The molecule has 0 radical (unpaired) electrons. The number of aryl methyl sites for hydroxylation is 1. The van der Waals surface area contributed by atoms with Crippen LogP contribution in [0.15, 0.2) is 47.7 Å². The summed E-state index contributed by atoms with van der Waals surface area (Å²) in [7, 11) is 0. The van der Waals surface area contributed by atoms with E-state index in [1.807, 2.05) is 26.0 Å². The molecule has 3 amide bonds. The lowest BCUT2D eigenvalue weighted by molar-refractivity contribution is -0.384. The highest BCUT2D eigenvalue weighted by Crippen LogP contribution is 2.33. The third-order valence-corrected chi connectivity index (χ3v) is 5.19. The van der Waals surface area contributed by atoms with Crippen LogP contribution >= 0.6 is 11.6 Å². The van der Waals surface area contributed by atoms with E-state index in [1.165, 1.54) is 12.1 Å². The molecule has 0 saturated heterocycles. The Morgan fingerprint density at radius 2 is 1.93 bits per heavy atom. The zero-order valence-corrected chi connectivity index (χ0v) is 16.8. The van der Waals surface area contributed by atoms with Crippen molar-refractivity contribution in [1.29, 1.82) is 0 Å². The van der Waals surface area contributed by atoms with Crippen LogP contribution in [0.1, 0.15) is 29.7 Å². The largest absolute Gasteiger partial charge is 0.327 e. The third kappa shape index (κ3) is 4.07. The van der Waals surface area contributed by atoms with Gasteiger partial charge in [-0.05, 0) is 49.6 Å². The Bertz CT molecular complexity index is 1060. The van der Waals surface area contributed by atoms with Gasteiger partial charge in [0.25, 0.3) is 11.6 Å². The molecule has 29 heavy (non-hydrogen) atoms. The highest BCUT2D eigenvalue weighted by Gasteiger charge is 2.32. The maximum Gasteiger partial charge on any atom is 0.319 e. The average molecular weight is 415 g/mol. The van der Waals surface area contributed by atoms with Gasteiger partial charge in [0.1, 0.15) is 5.02 Å². The summed E-state index contributed by atoms with van der Waals surface area (Å²) in [6, 6.07) is 8.36. The van der Waals surface area contributed by atoms with Crippen molar-refractivity contribution in [2.45, 2.75) is 26.8 Å². The molecule has 2 aromatic rings. The lowest BCUT2D eigenvalue weighted by Crippen LogP contribution is -2.46. The molecule has 150 valence electrons. The molecule has 0 aliphatic carbocycles. The van der Waals surface area contributed by atoms with E-state index < -0.39 is 22.9 Å². The van der Waals surface area contributed by atoms with Gasteiger partial charge < -0.3 is 16.0 Å². The van der Waals surface area contributed by atoms with Gasteiger partial charge in [0, 0.05) is 17.5 Å². The van der Waals surface area contributed by atoms with Gasteiger partial charge in [0.15, 0.2) is 0 Å². The molecule has 1 heterocycles. The first kappa shape index (κ1) is 20.3. The van der Waals surface area contributed by atoms with E-state index in [2.05, 4.69) is 16.0 Å². The number of hydrogen-bond donors (Lipinski definition) is 3. The van der Waals surface area contributed by atoms with Gasteiger partial charge in [-0.1, -0.05) is 29.8 Å². The van der Waals surface area contributed by atoms with Gasteiger partial charge in [-0.3, -0.25) is 14.9 Å². The minimum absolute atomic E-state index is 0.0268. The SMILES string of the molecule is CC1=C(C(=O)Nc2cccc(C)c2C)[C@H](c2ccc(Cl)c([N+](=O)[O-])c2)NC(=O)N1. The number of nitro groups is 1. The van der Waals surface area contributed by atoms with E-state index in [-0.39, 0.29) is 16.3 Å². The summed E-state index contributed by atoms with van der Waals surface area (Å²) in [5.74, 6) is -0.425. The molecule has 0 fully saturated rings. The summed E-state index contributed by atoms with van der Waals surface area (Å²) in [5, 5.41) is 19.3. The molecule has 1 atom stereocenters. The normalized spacial score (nSPS) is 16.1. The number of allylic oxidation sites excluding steroid dienone is 1. The zero-order chi connectivity index (χ0) is 21.3. The first-order valence-electron chi connectivity index (χ1n) is 8.78. The number of nitrogens with zero attached hydrogens (tertiary/aromatic N) is 1. The van der Waals surface area contributed by atoms with Crippen molar-refractivity contribution in [1.82, 2.24) is 10.6 Å². The molecule has 9 heteroatoms. The topological polar surface area (TPSA) is 113 Å². The van der Waals surface area contributed by atoms with Gasteiger partial charge in [-0.2, -0.15) is 0 Å². The van der Waals surface area contributed by atoms with E-state index >= 15 is 0 Å². The van der Waals surface area contributed by atoms with Crippen molar-refractivity contribution in [2.75, 3.05) is 5.32 Å². The van der Waals surface area contributed by atoms with E-state index in [9.17, 15) is 19.7 Å². The monoisotopic (exact) mass is 414 g/mol. The predicted octanol–water partition coefficient (Wildman–Crippen LogP) is 4.13. The van der Waals surface area contributed by atoms with Crippen molar-refractivity contribution in [2.24, 2.45) is 0 Å². The fourth-order valence-corrected chi connectivity index (χ4v) is 3.36. The van der Waals surface area contributed by atoms with Crippen LogP contribution in [0.2, 0.25) is 5.02 Å². The highest BCUT2D eigenvalue weighted by molar-refractivity contribution is 6.32. The summed E-state index contributed by atoms with van der Waals surface area (Å²) >= 11 is 5.89. The number of nitrogens with one attached hydrogen (secondary N) is 3. The van der Waals surface area contributed by atoms with Crippen molar-refractivity contribution < 1.29 is 14.5 Å². The number of carbonyl (C=O) groups excluding carboxylic acids is 2. The maximum atomic E-state index is 13.1. The van der Waals surface area contributed by atoms with E-state index in [0.29, 0.717) is 16.9 Å². The van der Waals surface area contributed by atoms with E-state index in [0.717, 1.165) is 11.1 Å². The number of halogens is 1. The second-order valence-electron chi connectivity index (χ2n) is 6.74. The Labute approximate surface area is 172 Å². The summed E-state index contributed by atoms with van der Waals surface area (Å²) in [4.78, 5) is 35.7. The molecular weight excluding hydrogens is 396 g/mol. The second-order valence-corrected chi connectivity index (χ2v) is 7.15. The van der Waals surface area contributed by atoms with Crippen LogP contribution in [0.25, 0.3) is 0 Å². The van der Waals surface area contributed by atoms with Crippen LogP contribution in [-0.4, -0.2) is 16.9 Å². The van der Waals surface area contributed by atoms with Crippen LogP contribution in [-0.2, 0) is 4.79 Å². The predicted molar refractivity (Wildman–Crippen MR) is 110 cm³/mol. The Kier molecular flexibility index (Phi) is 5.56. The van der Waals surface area contributed by atoms with Gasteiger partial charge in [-0.25, -0.2) is 4.79 Å². The Morgan fingerprint density at radius 1 is 1.21 bits per heavy atom. The third-order valence-electron chi connectivity index (χ3n) is 4.87. The maximum absolute atomic E-state index is 13.1. The molecule has 3 rings (SSSR count). The number of hydrogen-bond acceptors (Lipinski definition) is 4. The van der Waals surface area contributed by atoms with Gasteiger partial charge in [0.05, 0.1) is 16.5 Å². The fraction of sp³-hybridized carbons (Fsp3) is 0.200. The molecule has 3 N–H and O–H groups in total. The first-order valence-corrected chi connectivity index (χ1v) is 9.16. The molecule has 2 aromatic carbocycles. The smallest absolute Gasteiger partial charge is 0.319 e. The molecule has 0 unspecified atom stereocenters. The lowest BCUT2D eigenvalue weighted by Gasteiger charge is -2.29. The number of nitro benzene ring substituents is 1. The first-order chi connectivity index (χ1) is 13.7. The van der Waals surface area contributed by atoms with Gasteiger partial charge >= 0.3 is 6.03 Å². The second kappa shape index (κ2) is 7.92. The van der Waals surface area contributed by atoms with Crippen LogP contribution in [0.3, 0.4) is 0 Å². The minimum Gasteiger partial charge on any atom is -0.327 e. The fourth-order valence-electron chi connectivity index (χ4n) is 3.17. The summed E-state index contributed by atoms with van der Waals surface area (Å²) in [5.41, 5.74) is 3.28. The van der Waals surface area contributed by atoms with Crippen LogP contribution in [0.5, 0.6) is 0 Å². The van der Waals surface area contributed by atoms with Crippen LogP contribution in [0.4, 0.5) is 16.2 Å². The quantitative estimate of drug-likeness (QED) is 0.515. The molecule has 0 bridgehead atoms. The summed E-state index contributed by atoms with van der Waals surface area (Å²) < 4.78 is 0. The molecule has 1 aliphatic heterocycles. The Balaban J connectivity index is 2.02. The minimum atomic E-state index is -0.871. The molecular formula is C20H19ClN4O4. The van der Waals surface area contributed by atoms with Crippen LogP contribution < -0.4 is 16.0 Å². The number of anilines is 1. The van der Waals surface area contributed by atoms with Crippen molar-refractivity contribution in [3.63, 3.8) is 0 Å². The molecule has 8 nitrogen and oxygen atoms in total. The van der Waals surface area contributed by atoms with Crippen molar-refractivity contribution >= 4 is 34.9 Å². The molecule has 0 spiro atoms. The molecule has 0 aromatic heterocycles. The molecule has 1 aliphatic rings. The van der Waals surface area contributed by atoms with Gasteiger partial charge in [-0.15, -0.1) is 0 Å².